The van der Waals surface area contributed by atoms with Gasteiger partial charge in [-0.05, 0) is 12.8 Å². The summed E-state index contributed by atoms with van der Waals surface area (Å²) in [4.78, 5) is 23.6. The molecule has 0 aromatic rings. The van der Waals surface area contributed by atoms with E-state index < -0.39 is 0 Å². The number of rotatable bonds is 26. The minimum absolute atomic E-state index is 0. The molecular formula is C30H58Ag2O3. The van der Waals surface area contributed by atoms with Crippen molar-refractivity contribution in [1.82, 2.24) is 0 Å². The van der Waals surface area contributed by atoms with Crippen LogP contribution in [0.15, 0.2) is 0 Å². The zero-order valence-electron chi connectivity index (χ0n) is 23.2. The third-order valence-electron chi connectivity index (χ3n) is 6.70. The summed E-state index contributed by atoms with van der Waals surface area (Å²) in [5.74, 6) is -0.656. The van der Waals surface area contributed by atoms with Crippen molar-refractivity contribution in [2.45, 2.75) is 181 Å². The fourth-order valence-electron chi connectivity index (χ4n) is 4.45. The van der Waals surface area contributed by atoms with Crippen LogP contribution in [0.4, 0.5) is 0 Å². The molecule has 0 unspecified atom stereocenters. The van der Waals surface area contributed by atoms with Crippen molar-refractivity contribution in [2.24, 2.45) is 0 Å². The number of carbonyl (C=O) groups excluding carboxylic acids is 2. The Bertz CT molecular complexity index is 430. The van der Waals surface area contributed by atoms with Crippen molar-refractivity contribution in [1.29, 1.82) is 0 Å². The molecule has 0 saturated carbocycles. The molecule has 2 radical (unpaired) electrons. The second-order valence-corrected chi connectivity index (χ2v) is 10.1. The van der Waals surface area contributed by atoms with Gasteiger partial charge in [0.05, 0.1) is 0 Å². The van der Waals surface area contributed by atoms with Gasteiger partial charge in [0.15, 0.2) is 0 Å². The van der Waals surface area contributed by atoms with E-state index in [4.69, 9.17) is 4.74 Å². The minimum atomic E-state index is -0.328. The summed E-state index contributed by atoms with van der Waals surface area (Å²) in [6, 6.07) is 0. The van der Waals surface area contributed by atoms with E-state index in [1.807, 2.05) is 0 Å². The van der Waals surface area contributed by atoms with Crippen molar-refractivity contribution < 1.29 is 59.1 Å². The Morgan fingerprint density at radius 2 is 0.571 bits per heavy atom. The molecule has 218 valence electrons. The maximum Gasteiger partial charge on any atom is 0.313 e. The average molecular weight is 683 g/mol. The number of hydrogen-bond acceptors (Lipinski definition) is 3. The summed E-state index contributed by atoms with van der Waals surface area (Å²) in [7, 11) is 0. The fourth-order valence-corrected chi connectivity index (χ4v) is 4.45. The molecule has 0 saturated heterocycles. The first-order chi connectivity index (χ1) is 16.2. The van der Waals surface area contributed by atoms with Gasteiger partial charge in [0.2, 0.25) is 0 Å². The molecule has 0 N–H and O–H groups in total. The molecule has 0 atom stereocenters. The van der Waals surface area contributed by atoms with E-state index in [1.54, 1.807) is 0 Å². The van der Waals surface area contributed by atoms with Gasteiger partial charge in [-0.1, -0.05) is 155 Å². The normalized spacial score (nSPS) is 10.5. The predicted molar refractivity (Wildman–Crippen MR) is 142 cm³/mol. The molecule has 3 nitrogen and oxygen atoms in total. The first kappa shape index (κ1) is 40.1. The van der Waals surface area contributed by atoms with Crippen molar-refractivity contribution >= 4 is 11.9 Å². The Balaban J connectivity index is -0.00000512. The molecule has 0 amide bonds. The van der Waals surface area contributed by atoms with Gasteiger partial charge < -0.3 is 4.74 Å². The molecule has 0 rings (SSSR count). The second kappa shape index (κ2) is 34.6. The molecular weight excluding hydrogens is 624 g/mol. The maximum absolute atomic E-state index is 11.8. The molecule has 5 heteroatoms. The summed E-state index contributed by atoms with van der Waals surface area (Å²) in [5, 5.41) is 0. The molecule has 0 bridgehead atoms. The van der Waals surface area contributed by atoms with Crippen LogP contribution in [0.3, 0.4) is 0 Å². The topological polar surface area (TPSA) is 43.4 Å². The molecule has 0 aliphatic carbocycles. The van der Waals surface area contributed by atoms with Gasteiger partial charge in [-0.2, -0.15) is 0 Å². The monoisotopic (exact) mass is 680 g/mol. The number of ether oxygens (including phenoxy) is 1. The van der Waals surface area contributed by atoms with E-state index in [0.29, 0.717) is 12.8 Å². The van der Waals surface area contributed by atoms with Crippen LogP contribution >= 0.6 is 0 Å². The van der Waals surface area contributed by atoms with Gasteiger partial charge in [-0.25, -0.2) is 0 Å². The molecule has 0 aliphatic rings. The van der Waals surface area contributed by atoms with Gasteiger partial charge in [0.1, 0.15) is 0 Å². The molecule has 0 aromatic heterocycles. The molecule has 0 fully saturated rings. The van der Waals surface area contributed by atoms with E-state index in [0.717, 1.165) is 25.7 Å². The van der Waals surface area contributed by atoms with Crippen LogP contribution in [-0.4, -0.2) is 11.9 Å². The third-order valence-corrected chi connectivity index (χ3v) is 6.70. The van der Waals surface area contributed by atoms with E-state index in [9.17, 15) is 9.59 Å². The fraction of sp³-hybridized carbons (Fsp3) is 0.933. The molecule has 0 heterocycles. The van der Waals surface area contributed by atoms with Crippen LogP contribution in [0.5, 0.6) is 0 Å². The van der Waals surface area contributed by atoms with Gasteiger partial charge in [-0.3, -0.25) is 9.59 Å². The van der Waals surface area contributed by atoms with Crippen LogP contribution in [-0.2, 0) is 59.1 Å². The number of hydrogen-bond donors (Lipinski definition) is 0. The number of esters is 2. The van der Waals surface area contributed by atoms with Crippen molar-refractivity contribution in [3.63, 3.8) is 0 Å². The van der Waals surface area contributed by atoms with Crippen LogP contribution < -0.4 is 0 Å². The summed E-state index contributed by atoms with van der Waals surface area (Å²) in [6.07, 6.45) is 31.4. The van der Waals surface area contributed by atoms with Gasteiger partial charge >= 0.3 is 11.9 Å². The summed E-state index contributed by atoms with van der Waals surface area (Å²) in [5.41, 5.74) is 0. The van der Waals surface area contributed by atoms with Gasteiger partial charge in [0.25, 0.3) is 0 Å². The third kappa shape index (κ3) is 34.6. The summed E-state index contributed by atoms with van der Waals surface area (Å²) < 4.78 is 4.97. The van der Waals surface area contributed by atoms with E-state index in [2.05, 4.69) is 13.8 Å². The number of carbonyl (C=O) groups is 2. The van der Waals surface area contributed by atoms with Crippen molar-refractivity contribution in [3.05, 3.63) is 0 Å². The van der Waals surface area contributed by atoms with Crippen LogP contribution in [0.25, 0.3) is 0 Å². The van der Waals surface area contributed by atoms with Crippen LogP contribution in [0.2, 0.25) is 0 Å². The predicted octanol–water partition coefficient (Wildman–Crippen LogP) is 10.2. The quantitative estimate of drug-likeness (QED) is 0.0395. The van der Waals surface area contributed by atoms with Gasteiger partial charge in [-0.15, -0.1) is 0 Å². The molecule has 0 aliphatic heterocycles. The van der Waals surface area contributed by atoms with E-state index in [-0.39, 0.29) is 56.7 Å². The Labute approximate surface area is 250 Å². The number of unbranched alkanes of at least 4 members (excludes halogenated alkanes) is 22. The Hall–Kier alpha value is 0.621. The average Bonchev–Trinajstić information content (AvgIpc) is 2.80. The molecule has 0 aromatic carbocycles. The minimum Gasteiger partial charge on any atom is -0.393 e. The second-order valence-electron chi connectivity index (χ2n) is 10.1. The zero-order valence-corrected chi connectivity index (χ0v) is 26.2. The Morgan fingerprint density at radius 1 is 0.371 bits per heavy atom. The van der Waals surface area contributed by atoms with Crippen molar-refractivity contribution in [2.75, 3.05) is 0 Å². The smallest absolute Gasteiger partial charge is 0.313 e. The standard InChI is InChI=1S/C30H58O3.2Ag/c1-3-5-7-9-11-13-15-16-18-20-22-24-26-28-30(32)33-29(31)27-25-23-21-19-17-14-12-10-8-6-4-2;;/h3-28H2,1-2H3;;. The van der Waals surface area contributed by atoms with Gasteiger partial charge in [0, 0.05) is 57.6 Å². The van der Waals surface area contributed by atoms with Crippen molar-refractivity contribution in [3.8, 4) is 0 Å². The first-order valence-corrected chi connectivity index (χ1v) is 14.9. The zero-order chi connectivity index (χ0) is 24.2. The Kier molecular flexibility index (Phi) is 39.7. The van der Waals surface area contributed by atoms with Crippen LogP contribution in [0.1, 0.15) is 181 Å². The largest absolute Gasteiger partial charge is 0.393 e. The molecule has 0 spiro atoms. The maximum atomic E-state index is 11.8. The summed E-state index contributed by atoms with van der Waals surface area (Å²) in [6.45, 7) is 4.52. The SMILES string of the molecule is CCCCCCCCCCCCCCCC(=O)OC(=O)CCCCCCCCCCCCC.[Ag].[Ag]. The summed E-state index contributed by atoms with van der Waals surface area (Å²) >= 11 is 0. The van der Waals surface area contributed by atoms with E-state index in [1.165, 1.54) is 128 Å². The van der Waals surface area contributed by atoms with E-state index >= 15 is 0 Å². The van der Waals surface area contributed by atoms with Crippen LogP contribution in [0, 0.1) is 0 Å². The molecule has 35 heavy (non-hydrogen) atoms. The Morgan fingerprint density at radius 3 is 0.800 bits per heavy atom. The first-order valence-electron chi connectivity index (χ1n) is 14.9.